The highest BCUT2D eigenvalue weighted by atomic mass is 16.2. The molecule has 2 amide bonds. The number of β-lactam (4-membered cyclic amide) rings is 1. The molecule has 3 fully saturated rings. The van der Waals surface area contributed by atoms with Crippen LogP contribution >= 0.6 is 0 Å². The van der Waals surface area contributed by atoms with Crippen molar-refractivity contribution in [1.82, 2.24) is 14.8 Å². The number of carbonyl (C=O) groups excluding carboxylic acids is 2. The van der Waals surface area contributed by atoms with Crippen LogP contribution in [0.2, 0.25) is 0 Å². The van der Waals surface area contributed by atoms with E-state index in [0.717, 1.165) is 44.1 Å². The van der Waals surface area contributed by atoms with Gasteiger partial charge in [-0.3, -0.25) is 14.6 Å². The van der Waals surface area contributed by atoms with Gasteiger partial charge >= 0.3 is 0 Å². The van der Waals surface area contributed by atoms with Gasteiger partial charge in [-0.15, -0.1) is 0 Å². The maximum Gasteiger partial charge on any atom is 0.272 e. The summed E-state index contributed by atoms with van der Waals surface area (Å²) in [6, 6.07) is 14.7. The molecule has 1 aromatic heterocycles. The molecule has 5 nitrogen and oxygen atoms in total. The molecule has 162 valence electrons. The average molecular weight is 418 g/mol. The summed E-state index contributed by atoms with van der Waals surface area (Å²) < 4.78 is 0. The highest BCUT2D eigenvalue weighted by Crippen LogP contribution is 2.59. The zero-order chi connectivity index (χ0) is 21.4. The van der Waals surface area contributed by atoms with E-state index in [1.807, 2.05) is 24.0 Å². The topological polar surface area (TPSA) is 53.5 Å². The fourth-order valence-corrected chi connectivity index (χ4v) is 5.96. The molecule has 2 aliphatic heterocycles. The number of rotatable bonds is 3. The van der Waals surface area contributed by atoms with Crippen LogP contribution in [-0.2, 0) is 4.79 Å². The lowest BCUT2D eigenvalue weighted by molar-refractivity contribution is -0.186. The molecule has 5 rings (SSSR count). The van der Waals surface area contributed by atoms with Gasteiger partial charge in [-0.05, 0) is 49.8 Å². The predicted molar refractivity (Wildman–Crippen MR) is 119 cm³/mol. The Labute approximate surface area is 184 Å². The van der Waals surface area contributed by atoms with Gasteiger partial charge in [0.15, 0.2) is 0 Å². The maximum absolute atomic E-state index is 13.5. The molecule has 1 spiro atoms. The highest BCUT2D eigenvalue weighted by Gasteiger charge is 2.62. The number of aromatic nitrogens is 1. The molecule has 2 saturated heterocycles. The first-order chi connectivity index (χ1) is 15.1. The van der Waals surface area contributed by atoms with E-state index in [1.54, 1.807) is 12.3 Å². The number of pyridine rings is 1. The van der Waals surface area contributed by atoms with E-state index >= 15 is 0 Å². The Morgan fingerprint density at radius 1 is 1.00 bits per heavy atom. The minimum atomic E-state index is -0.196. The second kappa shape index (κ2) is 8.10. The number of nitrogens with zero attached hydrogens (tertiary/aromatic N) is 3. The number of benzene rings is 1. The van der Waals surface area contributed by atoms with Crippen molar-refractivity contribution in [1.29, 1.82) is 0 Å². The minimum absolute atomic E-state index is 0.00301. The van der Waals surface area contributed by atoms with Crippen molar-refractivity contribution in [3.63, 3.8) is 0 Å². The van der Waals surface area contributed by atoms with E-state index in [1.165, 1.54) is 12.0 Å². The van der Waals surface area contributed by atoms with E-state index in [0.29, 0.717) is 24.7 Å². The van der Waals surface area contributed by atoms with Crippen LogP contribution in [0.25, 0.3) is 0 Å². The van der Waals surface area contributed by atoms with Gasteiger partial charge in [0.05, 0.1) is 11.5 Å². The van der Waals surface area contributed by atoms with Crippen molar-refractivity contribution in [3.8, 4) is 0 Å². The second-order valence-corrected chi connectivity index (χ2v) is 9.49. The largest absolute Gasteiger partial charge is 0.337 e. The first kappa shape index (κ1) is 20.2. The summed E-state index contributed by atoms with van der Waals surface area (Å²) >= 11 is 0. The van der Waals surface area contributed by atoms with Gasteiger partial charge in [0.2, 0.25) is 5.91 Å². The van der Waals surface area contributed by atoms with E-state index in [4.69, 9.17) is 0 Å². The van der Waals surface area contributed by atoms with Crippen LogP contribution in [0.15, 0.2) is 48.7 Å². The quantitative estimate of drug-likeness (QED) is 0.690. The summed E-state index contributed by atoms with van der Waals surface area (Å²) in [6.07, 6.45) is 8.98. The molecule has 3 heterocycles. The standard InChI is InChI=1S/C26H31N3O2/c1-19-10-11-22(27-18-19)24(30)28-16-12-21(13-17-28)29-23(20-8-4-2-5-9-20)26(25(29)31)14-6-3-7-15-26/h2,4-5,8-11,18,21,23H,3,6-7,12-17H2,1H3. The number of carbonyl (C=O) groups is 2. The molecule has 1 aliphatic carbocycles. The zero-order valence-electron chi connectivity index (χ0n) is 18.3. The number of hydrogen-bond acceptors (Lipinski definition) is 3. The Balaban J connectivity index is 1.31. The molecule has 5 heteroatoms. The van der Waals surface area contributed by atoms with E-state index in [9.17, 15) is 9.59 Å². The molecule has 1 saturated carbocycles. The van der Waals surface area contributed by atoms with Crippen LogP contribution in [0.1, 0.15) is 72.6 Å². The Morgan fingerprint density at radius 3 is 2.35 bits per heavy atom. The first-order valence-corrected chi connectivity index (χ1v) is 11.7. The lowest BCUT2D eigenvalue weighted by Gasteiger charge is -2.61. The van der Waals surface area contributed by atoms with E-state index in [-0.39, 0.29) is 23.4 Å². The van der Waals surface area contributed by atoms with Crippen LogP contribution in [-0.4, -0.2) is 45.7 Å². The molecule has 1 aromatic carbocycles. The van der Waals surface area contributed by atoms with Crippen LogP contribution in [0.3, 0.4) is 0 Å². The Hall–Kier alpha value is -2.69. The molecular formula is C26H31N3O2. The van der Waals surface area contributed by atoms with Crippen molar-refractivity contribution >= 4 is 11.8 Å². The van der Waals surface area contributed by atoms with Crippen LogP contribution < -0.4 is 0 Å². The fraction of sp³-hybridized carbons (Fsp3) is 0.500. The third kappa shape index (κ3) is 3.44. The first-order valence-electron chi connectivity index (χ1n) is 11.7. The van der Waals surface area contributed by atoms with Crippen molar-refractivity contribution in [3.05, 3.63) is 65.5 Å². The lowest BCUT2D eigenvalue weighted by Crippen LogP contribution is -2.67. The molecule has 2 aromatic rings. The molecule has 0 bridgehead atoms. The summed E-state index contributed by atoms with van der Waals surface area (Å²) in [6.45, 7) is 3.33. The Bertz CT molecular complexity index is 942. The maximum atomic E-state index is 13.5. The molecule has 3 aliphatic rings. The molecular weight excluding hydrogens is 386 g/mol. The van der Waals surface area contributed by atoms with Gasteiger partial charge in [-0.25, -0.2) is 0 Å². The van der Waals surface area contributed by atoms with Gasteiger partial charge in [-0.1, -0.05) is 55.7 Å². The van der Waals surface area contributed by atoms with Crippen LogP contribution in [0, 0.1) is 12.3 Å². The second-order valence-electron chi connectivity index (χ2n) is 9.49. The summed E-state index contributed by atoms with van der Waals surface area (Å²) in [4.78, 5) is 34.7. The summed E-state index contributed by atoms with van der Waals surface area (Å²) in [7, 11) is 0. The summed E-state index contributed by atoms with van der Waals surface area (Å²) in [5.41, 5.74) is 2.63. The SMILES string of the molecule is Cc1ccc(C(=O)N2CCC(N3C(=O)C4(CCCCC4)C3c3ccccc3)CC2)nc1. The average Bonchev–Trinajstić information content (AvgIpc) is 2.83. The van der Waals surface area contributed by atoms with Gasteiger partial charge in [-0.2, -0.15) is 0 Å². The molecule has 31 heavy (non-hydrogen) atoms. The van der Waals surface area contributed by atoms with Gasteiger partial charge in [0, 0.05) is 25.3 Å². The van der Waals surface area contributed by atoms with Gasteiger partial charge in [0.1, 0.15) is 5.69 Å². The summed E-state index contributed by atoms with van der Waals surface area (Å²) in [5, 5.41) is 0. The third-order valence-corrected chi connectivity index (χ3v) is 7.60. The molecule has 1 unspecified atom stereocenters. The van der Waals surface area contributed by atoms with Crippen LogP contribution in [0.4, 0.5) is 0 Å². The minimum Gasteiger partial charge on any atom is -0.337 e. The molecule has 0 radical (unpaired) electrons. The smallest absolute Gasteiger partial charge is 0.272 e. The predicted octanol–water partition coefficient (Wildman–Crippen LogP) is 4.53. The number of likely N-dealkylation sites (tertiary alicyclic amines) is 2. The van der Waals surface area contributed by atoms with E-state index < -0.39 is 0 Å². The van der Waals surface area contributed by atoms with Crippen molar-refractivity contribution in [2.75, 3.05) is 13.1 Å². The zero-order valence-corrected chi connectivity index (χ0v) is 18.3. The normalized spacial score (nSPS) is 23.6. The van der Waals surface area contributed by atoms with Crippen molar-refractivity contribution in [2.24, 2.45) is 5.41 Å². The van der Waals surface area contributed by atoms with E-state index in [2.05, 4.69) is 34.1 Å². The number of hydrogen-bond donors (Lipinski definition) is 0. The van der Waals surface area contributed by atoms with Gasteiger partial charge < -0.3 is 9.80 Å². The highest BCUT2D eigenvalue weighted by molar-refractivity contribution is 5.93. The van der Waals surface area contributed by atoms with Gasteiger partial charge in [0.25, 0.3) is 5.91 Å². The van der Waals surface area contributed by atoms with Crippen molar-refractivity contribution < 1.29 is 9.59 Å². The Morgan fingerprint density at radius 2 is 1.71 bits per heavy atom. The lowest BCUT2D eigenvalue weighted by atomic mass is 9.59. The molecule has 1 atom stereocenters. The van der Waals surface area contributed by atoms with Crippen LogP contribution in [0.5, 0.6) is 0 Å². The molecule has 0 N–H and O–H groups in total. The fourth-order valence-electron chi connectivity index (χ4n) is 5.96. The van der Waals surface area contributed by atoms with Crippen molar-refractivity contribution in [2.45, 2.75) is 64.0 Å². The number of amides is 2. The monoisotopic (exact) mass is 417 g/mol. The third-order valence-electron chi connectivity index (χ3n) is 7.60. The number of piperidine rings is 1. The Kier molecular flexibility index (Phi) is 5.28. The summed E-state index contributed by atoms with van der Waals surface area (Å²) in [5.74, 6) is 0.350. The number of aryl methyl sites for hydroxylation is 1.